The van der Waals surface area contributed by atoms with Gasteiger partial charge in [0.15, 0.2) is 0 Å². The number of amides is 1. The van der Waals surface area contributed by atoms with E-state index in [1.165, 1.54) is 5.56 Å². The Morgan fingerprint density at radius 3 is 2.32 bits per heavy atom. The minimum atomic E-state index is -0.170. The Morgan fingerprint density at radius 1 is 0.912 bits per heavy atom. The maximum absolute atomic E-state index is 13.4. The highest BCUT2D eigenvalue weighted by atomic mass is 35.5. The maximum atomic E-state index is 13.4. The molecule has 1 amide bonds. The van der Waals surface area contributed by atoms with E-state index in [1.807, 2.05) is 42.7 Å². The van der Waals surface area contributed by atoms with Crippen LogP contribution in [0.1, 0.15) is 36.7 Å². The van der Waals surface area contributed by atoms with Crippen molar-refractivity contribution in [2.45, 2.75) is 31.1 Å². The molecule has 1 heterocycles. The third-order valence-electron chi connectivity index (χ3n) is 5.70. The number of carbonyl (C=O) groups excluding carboxylic acids is 1. The van der Waals surface area contributed by atoms with E-state index in [-0.39, 0.29) is 11.3 Å². The van der Waals surface area contributed by atoms with Crippen molar-refractivity contribution in [3.8, 4) is 22.4 Å². The third kappa shape index (κ3) is 5.35. The first-order valence-corrected chi connectivity index (χ1v) is 12.7. The first-order valence-electron chi connectivity index (χ1n) is 11.1. The lowest BCUT2D eigenvalue weighted by Gasteiger charge is -2.19. The second kappa shape index (κ2) is 10.0. The van der Waals surface area contributed by atoms with Crippen molar-refractivity contribution in [3.63, 3.8) is 0 Å². The lowest BCUT2D eigenvalue weighted by atomic mass is 9.86. The van der Waals surface area contributed by atoms with Gasteiger partial charge in [-0.3, -0.25) is 9.78 Å². The van der Waals surface area contributed by atoms with Crippen LogP contribution in [-0.2, 0) is 5.41 Å². The average molecular weight is 487 g/mol. The molecule has 4 rings (SSSR count). The third-order valence-corrected chi connectivity index (χ3v) is 6.75. The number of aromatic nitrogens is 1. The molecule has 0 aliphatic carbocycles. The fourth-order valence-electron chi connectivity index (χ4n) is 3.76. The van der Waals surface area contributed by atoms with E-state index in [4.69, 9.17) is 11.6 Å². The molecule has 0 spiro atoms. The van der Waals surface area contributed by atoms with E-state index in [1.54, 1.807) is 30.1 Å². The topological polar surface area (TPSA) is 42.0 Å². The molecule has 5 heteroatoms. The molecular weight excluding hydrogens is 460 g/mol. The molecule has 0 fully saturated rings. The van der Waals surface area contributed by atoms with Crippen LogP contribution in [0.2, 0.25) is 5.02 Å². The van der Waals surface area contributed by atoms with Crippen molar-refractivity contribution < 1.29 is 4.79 Å². The molecule has 0 radical (unpaired) electrons. The van der Waals surface area contributed by atoms with Crippen molar-refractivity contribution in [2.24, 2.45) is 0 Å². The molecule has 3 nitrogen and oxygen atoms in total. The van der Waals surface area contributed by atoms with Crippen molar-refractivity contribution in [3.05, 3.63) is 101 Å². The van der Waals surface area contributed by atoms with E-state index in [0.717, 1.165) is 27.3 Å². The highest BCUT2D eigenvalue weighted by molar-refractivity contribution is 7.98. The summed E-state index contributed by atoms with van der Waals surface area (Å²) in [4.78, 5) is 18.9. The van der Waals surface area contributed by atoms with Crippen LogP contribution in [0.25, 0.3) is 22.4 Å². The minimum Gasteiger partial charge on any atom is -0.322 e. The number of thioether (sulfide) groups is 1. The van der Waals surface area contributed by atoms with Crippen LogP contribution in [0.4, 0.5) is 5.69 Å². The predicted molar refractivity (Wildman–Crippen MR) is 145 cm³/mol. The van der Waals surface area contributed by atoms with Gasteiger partial charge in [-0.1, -0.05) is 62.7 Å². The van der Waals surface area contributed by atoms with E-state index in [2.05, 4.69) is 61.4 Å². The normalized spacial score (nSPS) is 11.3. The predicted octanol–water partition coefficient (Wildman–Crippen LogP) is 8.34. The highest BCUT2D eigenvalue weighted by Gasteiger charge is 2.17. The molecule has 34 heavy (non-hydrogen) atoms. The number of carbonyl (C=O) groups is 1. The molecule has 0 saturated heterocycles. The summed E-state index contributed by atoms with van der Waals surface area (Å²) in [6.07, 6.45) is 3.76. The van der Waals surface area contributed by atoms with Crippen molar-refractivity contribution >= 4 is 35.0 Å². The summed E-state index contributed by atoms with van der Waals surface area (Å²) in [5.74, 6) is -0.170. The summed E-state index contributed by atoms with van der Waals surface area (Å²) < 4.78 is 0. The van der Waals surface area contributed by atoms with Gasteiger partial charge in [0, 0.05) is 27.9 Å². The highest BCUT2D eigenvalue weighted by Crippen LogP contribution is 2.33. The average Bonchev–Trinajstić information content (AvgIpc) is 2.85. The number of hydrogen-bond donors (Lipinski definition) is 1. The summed E-state index contributed by atoms with van der Waals surface area (Å²) in [7, 11) is 0. The van der Waals surface area contributed by atoms with Gasteiger partial charge in [-0.15, -0.1) is 11.8 Å². The molecule has 1 aromatic heterocycles. The zero-order valence-electron chi connectivity index (χ0n) is 19.7. The van der Waals surface area contributed by atoms with Crippen molar-refractivity contribution in [2.75, 3.05) is 11.6 Å². The molecule has 0 bridgehead atoms. The number of nitrogens with zero attached hydrogens (tertiary/aromatic N) is 1. The Hall–Kier alpha value is -3.08. The van der Waals surface area contributed by atoms with Crippen LogP contribution >= 0.6 is 23.4 Å². The molecule has 0 saturated carbocycles. The van der Waals surface area contributed by atoms with Crippen LogP contribution < -0.4 is 5.32 Å². The van der Waals surface area contributed by atoms with E-state index >= 15 is 0 Å². The van der Waals surface area contributed by atoms with Gasteiger partial charge in [0.25, 0.3) is 5.91 Å². The molecule has 0 aliphatic heterocycles. The minimum absolute atomic E-state index is 0.0692. The quantitative estimate of drug-likeness (QED) is 0.288. The Balaban J connectivity index is 1.68. The van der Waals surface area contributed by atoms with Gasteiger partial charge >= 0.3 is 0 Å². The Morgan fingerprint density at radius 2 is 1.68 bits per heavy atom. The molecule has 0 aliphatic rings. The van der Waals surface area contributed by atoms with Gasteiger partial charge in [-0.25, -0.2) is 0 Å². The van der Waals surface area contributed by atoms with Gasteiger partial charge in [0.2, 0.25) is 0 Å². The summed E-state index contributed by atoms with van der Waals surface area (Å²) in [6.45, 7) is 6.59. The maximum Gasteiger partial charge on any atom is 0.256 e. The Kier molecular flexibility index (Phi) is 7.11. The number of rotatable bonds is 5. The number of pyridine rings is 1. The monoisotopic (exact) mass is 486 g/mol. The number of hydrogen-bond acceptors (Lipinski definition) is 3. The zero-order valence-corrected chi connectivity index (χ0v) is 21.3. The second-order valence-corrected chi connectivity index (χ2v) is 10.4. The van der Waals surface area contributed by atoms with Crippen LogP contribution in [0.5, 0.6) is 0 Å². The number of benzene rings is 3. The van der Waals surface area contributed by atoms with E-state index in [9.17, 15) is 4.79 Å². The van der Waals surface area contributed by atoms with Crippen LogP contribution in [-0.4, -0.2) is 17.1 Å². The van der Waals surface area contributed by atoms with Gasteiger partial charge < -0.3 is 5.32 Å². The fourth-order valence-corrected chi connectivity index (χ4v) is 4.41. The van der Waals surface area contributed by atoms with Crippen LogP contribution in [0.15, 0.2) is 90.0 Å². The second-order valence-electron chi connectivity index (χ2n) is 9.10. The summed E-state index contributed by atoms with van der Waals surface area (Å²) in [5.41, 5.74) is 6.06. The smallest absolute Gasteiger partial charge is 0.256 e. The van der Waals surface area contributed by atoms with Crippen LogP contribution in [0.3, 0.4) is 0 Å². The summed E-state index contributed by atoms with van der Waals surface area (Å²) in [6, 6.07) is 25.5. The number of nitrogens with one attached hydrogen (secondary N) is 1. The molecule has 0 atom stereocenters. The van der Waals surface area contributed by atoms with Gasteiger partial charge in [-0.05, 0) is 76.9 Å². The fraction of sp³-hybridized carbons (Fsp3) is 0.172. The summed E-state index contributed by atoms with van der Waals surface area (Å²) >= 11 is 8.07. The van der Waals surface area contributed by atoms with E-state index in [0.29, 0.717) is 16.3 Å². The van der Waals surface area contributed by atoms with E-state index < -0.39 is 0 Å². The van der Waals surface area contributed by atoms with Gasteiger partial charge in [-0.2, -0.15) is 0 Å². The van der Waals surface area contributed by atoms with Gasteiger partial charge in [0.05, 0.1) is 10.7 Å². The number of anilines is 1. The lowest BCUT2D eigenvalue weighted by molar-refractivity contribution is 0.102. The molecule has 1 N–H and O–H groups in total. The van der Waals surface area contributed by atoms with Crippen LogP contribution in [0, 0.1) is 0 Å². The van der Waals surface area contributed by atoms with Gasteiger partial charge in [0.1, 0.15) is 0 Å². The molecular formula is C29H27ClN2OS. The molecule has 172 valence electrons. The molecule has 4 aromatic rings. The standard InChI is InChI=1S/C29H27ClN2OS/c1-29(2,3)20-10-8-19(9-11-20)24-18-22(34-4)13-14-23(24)28(33)32-21-12-15-26(30)25(17-21)27-7-5-6-16-31-27/h5-18H,1-4H3,(H,32,33). The SMILES string of the molecule is CSc1ccc(C(=O)Nc2ccc(Cl)c(-c3ccccn3)c2)c(-c2ccc(C(C)(C)C)cc2)c1. The van der Waals surface area contributed by atoms with Crippen molar-refractivity contribution in [1.82, 2.24) is 4.98 Å². The largest absolute Gasteiger partial charge is 0.322 e. The molecule has 0 unspecified atom stereocenters. The van der Waals surface area contributed by atoms with Crippen molar-refractivity contribution in [1.29, 1.82) is 0 Å². The molecule has 3 aromatic carbocycles. The lowest BCUT2D eigenvalue weighted by Crippen LogP contribution is -2.13. The number of halogens is 1. The Labute approximate surface area is 210 Å². The first kappa shape index (κ1) is 24.1. The zero-order chi connectivity index (χ0) is 24.3. The first-order chi connectivity index (χ1) is 16.3. The summed E-state index contributed by atoms with van der Waals surface area (Å²) in [5, 5.41) is 3.63. The Bertz CT molecular complexity index is 1310.